The predicted molar refractivity (Wildman–Crippen MR) is 137 cm³/mol. The number of amides is 2. The Morgan fingerprint density at radius 2 is 1.67 bits per heavy atom. The zero-order valence-electron chi connectivity index (χ0n) is 19.3. The molecule has 2 aromatic carbocycles. The number of benzene rings is 2. The molecule has 1 fully saturated rings. The van der Waals surface area contributed by atoms with E-state index in [4.69, 9.17) is 23.2 Å². The van der Waals surface area contributed by atoms with Crippen molar-refractivity contribution < 1.29 is 9.59 Å². The van der Waals surface area contributed by atoms with Gasteiger partial charge in [0.25, 0.3) is 11.8 Å². The zero-order valence-corrected chi connectivity index (χ0v) is 20.8. The third-order valence-corrected chi connectivity index (χ3v) is 6.72. The smallest absolute Gasteiger partial charge is 0.255 e. The fourth-order valence-electron chi connectivity index (χ4n) is 4.01. The van der Waals surface area contributed by atoms with Gasteiger partial charge in [-0.1, -0.05) is 37.0 Å². The topological polar surface area (TPSA) is 64.7 Å². The van der Waals surface area contributed by atoms with E-state index < -0.39 is 0 Å². The molecule has 0 radical (unpaired) electrons. The minimum absolute atomic E-state index is 0.131. The van der Waals surface area contributed by atoms with Crippen LogP contribution in [0.3, 0.4) is 0 Å². The van der Waals surface area contributed by atoms with E-state index in [1.165, 1.54) is 12.5 Å². The highest BCUT2D eigenvalue weighted by Gasteiger charge is 2.20. The Kier molecular flexibility index (Phi) is 9.41. The van der Waals surface area contributed by atoms with Crippen molar-refractivity contribution in [2.45, 2.75) is 33.1 Å². The normalized spacial score (nSPS) is 13.8. The van der Waals surface area contributed by atoms with E-state index in [0.29, 0.717) is 33.4 Å². The molecule has 2 N–H and O–H groups in total. The standard InChI is InChI=1S/C25H32Cl2N4O2/c1-3-30(4-2)15-12-28-25(33)20-17-19(9-11-23(20)31-13-6-5-7-14-31)29-24(32)18-8-10-21(26)22(27)16-18/h8-11,16-17H,3-7,12-15H2,1-2H3,(H,28,33)(H,29,32). The Balaban J connectivity index is 1.80. The number of carbonyl (C=O) groups excluding carboxylic acids is 2. The Morgan fingerprint density at radius 3 is 2.33 bits per heavy atom. The van der Waals surface area contributed by atoms with Gasteiger partial charge < -0.3 is 20.4 Å². The summed E-state index contributed by atoms with van der Waals surface area (Å²) < 4.78 is 0. The van der Waals surface area contributed by atoms with Gasteiger partial charge in [-0.3, -0.25) is 9.59 Å². The van der Waals surface area contributed by atoms with Crippen LogP contribution < -0.4 is 15.5 Å². The van der Waals surface area contributed by atoms with Gasteiger partial charge in [-0.25, -0.2) is 0 Å². The molecule has 2 aromatic rings. The predicted octanol–water partition coefficient (Wildman–Crippen LogP) is 5.31. The van der Waals surface area contributed by atoms with Gasteiger partial charge in [0.15, 0.2) is 0 Å². The van der Waals surface area contributed by atoms with E-state index in [1.807, 2.05) is 12.1 Å². The molecule has 6 nitrogen and oxygen atoms in total. The largest absolute Gasteiger partial charge is 0.371 e. The molecular formula is C25H32Cl2N4O2. The lowest BCUT2D eigenvalue weighted by atomic mass is 10.1. The molecule has 2 amide bonds. The Bertz CT molecular complexity index is 973. The van der Waals surface area contributed by atoms with E-state index in [1.54, 1.807) is 18.2 Å². The first-order valence-electron chi connectivity index (χ1n) is 11.6. The molecule has 1 saturated heterocycles. The second-order valence-corrected chi connectivity index (χ2v) is 8.96. The molecule has 33 heavy (non-hydrogen) atoms. The molecule has 0 aromatic heterocycles. The second-order valence-electron chi connectivity index (χ2n) is 8.15. The summed E-state index contributed by atoms with van der Waals surface area (Å²) >= 11 is 12.0. The fourth-order valence-corrected chi connectivity index (χ4v) is 4.31. The first-order valence-corrected chi connectivity index (χ1v) is 12.3. The summed E-state index contributed by atoms with van der Waals surface area (Å²) in [6.07, 6.45) is 3.43. The number of nitrogens with one attached hydrogen (secondary N) is 2. The molecule has 8 heteroatoms. The van der Waals surface area contributed by atoms with Crippen LogP contribution in [0, 0.1) is 0 Å². The first-order chi connectivity index (χ1) is 15.9. The number of nitrogens with zero attached hydrogens (tertiary/aromatic N) is 2. The molecule has 3 rings (SSSR count). The van der Waals surface area contributed by atoms with E-state index in [0.717, 1.165) is 51.3 Å². The van der Waals surface area contributed by atoms with Crippen molar-refractivity contribution in [2.24, 2.45) is 0 Å². The van der Waals surface area contributed by atoms with Crippen molar-refractivity contribution in [3.63, 3.8) is 0 Å². The molecule has 0 saturated carbocycles. The number of hydrogen-bond acceptors (Lipinski definition) is 4. The maximum atomic E-state index is 13.2. The van der Waals surface area contributed by atoms with Gasteiger partial charge in [-0.05, 0) is 68.8 Å². The zero-order chi connectivity index (χ0) is 23.8. The number of likely N-dealkylation sites (N-methyl/N-ethyl adjacent to an activating group) is 1. The molecule has 178 valence electrons. The van der Waals surface area contributed by atoms with Crippen LogP contribution in [-0.4, -0.2) is 56.0 Å². The molecule has 0 atom stereocenters. The quantitative estimate of drug-likeness (QED) is 0.499. The van der Waals surface area contributed by atoms with Crippen LogP contribution in [0.5, 0.6) is 0 Å². The van der Waals surface area contributed by atoms with Gasteiger partial charge in [0.1, 0.15) is 0 Å². The average Bonchev–Trinajstić information content (AvgIpc) is 2.84. The van der Waals surface area contributed by atoms with E-state index >= 15 is 0 Å². The minimum atomic E-state index is -0.313. The molecule has 0 bridgehead atoms. The Hall–Kier alpha value is -2.28. The summed E-state index contributed by atoms with van der Waals surface area (Å²) in [7, 11) is 0. The third kappa shape index (κ3) is 6.85. The SMILES string of the molecule is CCN(CC)CCNC(=O)c1cc(NC(=O)c2ccc(Cl)c(Cl)c2)ccc1N1CCCCC1. The summed E-state index contributed by atoms with van der Waals surface area (Å²) in [5.41, 5.74) is 2.43. The lowest BCUT2D eigenvalue weighted by Gasteiger charge is -2.30. The second kappa shape index (κ2) is 12.3. The molecule has 0 unspecified atom stereocenters. The van der Waals surface area contributed by atoms with Crippen molar-refractivity contribution in [2.75, 3.05) is 49.5 Å². The lowest BCUT2D eigenvalue weighted by Crippen LogP contribution is -2.36. The number of halogens is 2. The summed E-state index contributed by atoms with van der Waals surface area (Å²) in [5.74, 6) is -0.444. The van der Waals surface area contributed by atoms with Crippen molar-refractivity contribution in [3.05, 3.63) is 57.6 Å². The molecule has 1 aliphatic heterocycles. The summed E-state index contributed by atoms with van der Waals surface area (Å²) in [5, 5.41) is 6.64. The maximum absolute atomic E-state index is 13.2. The Morgan fingerprint density at radius 1 is 0.939 bits per heavy atom. The summed E-state index contributed by atoms with van der Waals surface area (Å²) in [4.78, 5) is 30.4. The van der Waals surface area contributed by atoms with Crippen molar-refractivity contribution in [1.29, 1.82) is 0 Å². The third-order valence-electron chi connectivity index (χ3n) is 5.99. The van der Waals surface area contributed by atoms with Crippen molar-refractivity contribution in [1.82, 2.24) is 10.2 Å². The molecule has 0 aliphatic carbocycles. The van der Waals surface area contributed by atoms with Crippen LogP contribution in [-0.2, 0) is 0 Å². The van der Waals surface area contributed by atoms with Gasteiger partial charge in [0.2, 0.25) is 0 Å². The molecule has 1 aliphatic rings. The Labute approximate surface area is 206 Å². The number of rotatable bonds is 9. The van der Waals surface area contributed by atoms with Gasteiger partial charge in [-0.2, -0.15) is 0 Å². The minimum Gasteiger partial charge on any atom is -0.371 e. The number of hydrogen-bond donors (Lipinski definition) is 2. The maximum Gasteiger partial charge on any atom is 0.255 e. The lowest BCUT2D eigenvalue weighted by molar-refractivity contribution is 0.0948. The van der Waals surface area contributed by atoms with Crippen LogP contribution in [0.15, 0.2) is 36.4 Å². The van der Waals surface area contributed by atoms with Crippen LogP contribution in [0.1, 0.15) is 53.8 Å². The fraction of sp³-hybridized carbons (Fsp3) is 0.440. The highest BCUT2D eigenvalue weighted by molar-refractivity contribution is 6.42. The van der Waals surface area contributed by atoms with E-state index in [9.17, 15) is 9.59 Å². The highest BCUT2D eigenvalue weighted by Crippen LogP contribution is 2.28. The van der Waals surface area contributed by atoms with E-state index in [2.05, 4.69) is 34.3 Å². The number of piperidine rings is 1. The molecular weight excluding hydrogens is 459 g/mol. The summed E-state index contributed by atoms with van der Waals surface area (Å²) in [6.45, 7) is 9.33. The van der Waals surface area contributed by atoms with Gasteiger partial charge in [0, 0.05) is 43.1 Å². The van der Waals surface area contributed by atoms with Gasteiger partial charge in [-0.15, -0.1) is 0 Å². The monoisotopic (exact) mass is 490 g/mol. The first kappa shape index (κ1) is 25.3. The van der Waals surface area contributed by atoms with Crippen molar-refractivity contribution >= 4 is 46.4 Å². The number of anilines is 2. The average molecular weight is 491 g/mol. The molecule has 0 spiro atoms. The van der Waals surface area contributed by atoms with E-state index in [-0.39, 0.29) is 11.8 Å². The van der Waals surface area contributed by atoms with Crippen LogP contribution >= 0.6 is 23.2 Å². The number of carbonyl (C=O) groups is 2. The van der Waals surface area contributed by atoms with Crippen LogP contribution in [0.2, 0.25) is 10.0 Å². The van der Waals surface area contributed by atoms with Gasteiger partial charge in [0.05, 0.1) is 15.6 Å². The summed E-state index contributed by atoms with van der Waals surface area (Å²) in [6, 6.07) is 10.3. The van der Waals surface area contributed by atoms with Crippen molar-refractivity contribution in [3.8, 4) is 0 Å². The van der Waals surface area contributed by atoms with Crippen LogP contribution in [0.4, 0.5) is 11.4 Å². The van der Waals surface area contributed by atoms with Gasteiger partial charge >= 0.3 is 0 Å². The molecule has 1 heterocycles. The highest BCUT2D eigenvalue weighted by atomic mass is 35.5. The van der Waals surface area contributed by atoms with Crippen LogP contribution in [0.25, 0.3) is 0 Å².